The Morgan fingerprint density at radius 1 is 1.32 bits per heavy atom. The lowest BCUT2D eigenvalue weighted by Gasteiger charge is -2.47. The predicted molar refractivity (Wildman–Crippen MR) is 79.2 cm³/mol. The third kappa shape index (κ3) is 3.95. The SMILES string of the molecule is CCC1C[C@H](C(C)(C)C)C[C@@](CN(C)C)(C(=O)O)C1. The van der Waals surface area contributed by atoms with Crippen LogP contribution in [0.15, 0.2) is 0 Å². The number of carbonyl (C=O) groups is 1. The van der Waals surface area contributed by atoms with E-state index in [-0.39, 0.29) is 5.41 Å². The monoisotopic (exact) mass is 269 g/mol. The molecule has 0 aromatic heterocycles. The first kappa shape index (κ1) is 16.5. The second-order valence-corrected chi connectivity index (χ2v) is 7.80. The van der Waals surface area contributed by atoms with Crippen molar-refractivity contribution in [3.63, 3.8) is 0 Å². The summed E-state index contributed by atoms with van der Waals surface area (Å²) in [6.07, 6.45) is 3.93. The van der Waals surface area contributed by atoms with Gasteiger partial charge in [0.2, 0.25) is 0 Å². The zero-order valence-electron chi connectivity index (χ0n) is 13.5. The van der Waals surface area contributed by atoms with Crippen molar-refractivity contribution < 1.29 is 9.90 Å². The Labute approximate surface area is 118 Å². The van der Waals surface area contributed by atoms with Gasteiger partial charge in [-0.05, 0) is 50.6 Å². The maximum atomic E-state index is 11.9. The van der Waals surface area contributed by atoms with Crippen LogP contribution in [0.25, 0.3) is 0 Å². The van der Waals surface area contributed by atoms with Gasteiger partial charge in [0.1, 0.15) is 0 Å². The summed E-state index contributed by atoms with van der Waals surface area (Å²) in [4.78, 5) is 14.0. The quantitative estimate of drug-likeness (QED) is 0.849. The molecule has 112 valence electrons. The fourth-order valence-corrected chi connectivity index (χ4v) is 3.62. The van der Waals surface area contributed by atoms with Crippen LogP contribution >= 0.6 is 0 Å². The van der Waals surface area contributed by atoms with Gasteiger partial charge in [-0.3, -0.25) is 4.79 Å². The van der Waals surface area contributed by atoms with Gasteiger partial charge in [0, 0.05) is 6.54 Å². The number of carboxylic acids is 1. The third-order valence-electron chi connectivity index (χ3n) is 4.81. The molecule has 3 heteroatoms. The molecular weight excluding hydrogens is 238 g/mol. The molecule has 1 unspecified atom stereocenters. The Bertz CT molecular complexity index is 319. The first-order chi connectivity index (χ1) is 8.60. The number of hydrogen-bond acceptors (Lipinski definition) is 2. The van der Waals surface area contributed by atoms with Crippen LogP contribution in [0, 0.1) is 22.7 Å². The van der Waals surface area contributed by atoms with Crippen LogP contribution in [0.4, 0.5) is 0 Å². The molecule has 1 aliphatic carbocycles. The average Bonchev–Trinajstić information content (AvgIpc) is 2.26. The van der Waals surface area contributed by atoms with Crippen LogP contribution in [0.2, 0.25) is 0 Å². The van der Waals surface area contributed by atoms with Gasteiger partial charge in [-0.25, -0.2) is 0 Å². The van der Waals surface area contributed by atoms with Gasteiger partial charge < -0.3 is 10.0 Å². The average molecular weight is 269 g/mol. The zero-order valence-corrected chi connectivity index (χ0v) is 13.5. The lowest BCUT2D eigenvalue weighted by molar-refractivity contribution is -0.156. The lowest BCUT2D eigenvalue weighted by atomic mass is 9.59. The van der Waals surface area contributed by atoms with Crippen LogP contribution in [0.1, 0.15) is 53.4 Å². The minimum atomic E-state index is -0.603. The highest BCUT2D eigenvalue weighted by molar-refractivity contribution is 5.75. The van der Waals surface area contributed by atoms with Gasteiger partial charge in [-0.15, -0.1) is 0 Å². The van der Waals surface area contributed by atoms with Gasteiger partial charge in [-0.2, -0.15) is 0 Å². The minimum Gasteiger partial charge on any atom is -0.481 e. The van der Waals surface area contributed by atoms with Gasteiger partial charge in [0.05, 0.1) is 5.41 Å². The van der Waals surface area contributed by atoms with Crippen molar-refractivity contribution in [2.45, 2.75) is 53.4 Å². The van der Waals surface area contributed by atoms with E-state index in [0.29, 0.717) is 18.4 Å². The molecule has 1 rings (SSSR count). The third-order valence-corrected chi connectivity index (χ3v) is 4.81. The predicted octanol–water partition coefficient (Wildman–Crippen LogP) is 3.49. The molecular formula is C16H31NO2. The molecule has 0 aromatic rings. The molecule has 0 amide bonds. The van der Waals surface area contributed by atoms with Crippen molar-refractivity contribution in [3.8, 4) is 0 Å². The highest BCUT2D eigenvalue weighted by Gasteiger charge is 2.48. The molecule has 3 nitrogen and oxygen atoms in total. The summed E-state index contributed by atoms with van der Waals surface area (Å²) in [6.45, 7) is 9.59. The number of nitrogens with zero attached hydrogens (tertiary/aromatic N) is 1. The Kier molecular flexibility index (Phi) is 5.05. The van der Waals surface area contributed by atoms with E-state index in [9.17, 15) is 9.90 Å². The summed E-state index contributed by atoms with van der Waals surface area (Å²) in [5.74, 6) is 0.449. The number of hydrogen-bond donors (Lipinski definition) is 1. The van der Waals surface area contributed by atoms with Crippen molar-refractivity contribution >= 4 is 5.97 Å². The first-order valence-corrected chi connectivity index (χ1v) is 7.49. The molecule has 0 spiro atoms. The van der Waals surface area contributed by atoms with E-state index in [4.69, 9.17) is 0 Å². The fraction of sp³-hybridized carbons (Fsp3) is 0.938. The second-order valence-electron chi connectivity index (χ2n) is 7.80. The van der Waals surface area contributed by atoms with Gasteiger partial charge >= 0.3 is 5.97 Å². The van der Waals surface area contributed by atoms with Crippen LogP contribution in [-0.2, 0) is 4.79 Å². The van der Waals surface area contributed by atoms with Gasteiger partial charge in [-0.1, -0.05) is 34.1 Å². The van der Waals surface area contributed by atoms with E-state index in [1.807, 2.05) is 19.0 Å². The van der Waals surface area contributed by atoms with E-state index >= 15 is 0 Å². The van der Waals surface area contributed by atoms with E-state index in [0.717, 1.165) is 19.3 Å². The second kappa shape index (κ2) is 5.82. The van der Waals surface area contributed by atoms with Crippen LogP contribution in [0.5, 0.6) is 0 Å². The first-order valence-electron chi connectivity index (χ1n) is 7.49. The van der Waals surface area contributed by atoms with E-state index in [2.05, 4.69) is 27.7 Å². The minimum absolute atomic E-state index is 0.195. The number of carboxylic acid groups (broad SMARTS) is 1. The van der Waals surface area contributed by atoms with E-state index in [1.54, 1.807) is 0 Å². The molecule has 1 saturated carbocycles. The zero-order chi connectivity index (χ0) is 14.8. The molecule has 1 N–H and O–H groups in total. The number of aliphatic carboxylic acids is 1. The van der Waals surface area contributed by atoms with Crippen molar-refractivity contribution in [2.24, 2.45) is 22.7 Å². The molecule has 0 saturated heterocycles. The van der Waals surface area contributed by atoms with Crippen LogP contribution in [-0.4, -0.2) is 36.6 Å². The Hall–Kier alpha value is -0.570. The molecule has 19 heavy (non-hydrogen) atoms. The summed E-state index contributed by atoms with van der Waals surface area (Å²) in [5, 5.41) is 9.81. The number of rotatable bonds is 4. The fourth-order valence-electron chi connectivity index (χ4n) is 3.62. The topological polar surface area (TPSA) is 40.5 Å². The summed E-state index contributed by atoms with van der Waals surface area (Å²) in [7, 11) is 3.96. The summed E-state index contributed by atoms with van der Waals surface area (Å²) in [6, 6.07) is 0. The van der Waals surface area contributed by atoms with Crippen LogP contribution < -0.4 is 0 Å². The van der Waals surface area contributed by atoms with E-state index < -0.39 is 11.4 Å². The molecule has 0 radical (unpaired) electrons. The Morgan fingerprint density at radius 3 is 2.26 bits per heavy atom. The maximum Gasteiger partial charge on any atom is 0.310 e. The standard InChI is InChI=1S/C16H31NO2/c1-7-12-8-13(15(2,3)4)10-16(9-12,14(18)19)11-17(5)6/h12-13H,7-11H2,1-6H3,(H,18,19)/t12?,13-,16-/m0/s1. The maximum absolute atomic E-state index is 11.9. The molecule has 0 aliphatic heterocycles. The largest absolute Gasteiger partial charge is 0.481 e. The van der Waals surface area contributed by atoms with Gasteiger partial charge in [0.15, 0.2) is 0 Å². The van der Waals surface area contributed by atoms with Crippen molar-refractivity contribution in [1.82, 2.24) is 4.90 Å². The van der Waals surface area contributed by atoms with E-state index in [1.165, 1.54) is 6.42 Å². The molecule has 1 aliphatic rings. The summed E-state index contributed by atoms with van der Waals surface area (Å²) < 4.78 is 0. The lowest BCUT2D eigenvalue weighted by Crippen LogP contribution is -2.48. The van der Waals surface area contributed by atoms with Crippen molar-refractivity contribution in [1.29, 1.82) is 0 Å². The van der Waals surface area contributed by atoms with Crippen molar-refractivity contribution in [2.75, 3.05) is 20.6 Å². The van der Waals surface area contributed by atoms with Crippen LogP contribution in [0.3, 0.4) is 0 Å². The Morgan fingerprint density at radius 2 is 1.89 bits per heavy atom. The summed E-state index contributed by atoms with van der Waals surface area (Å²) in [5.41, 5.74) is -0.360. The molecule has 3 atom stereocenters. The molecule has 1 fully saturated rings. The molecule has 0 bridgehead atoms. The summed E-state index contributed by atoms with van der Waals surface area (Å²) >= 11 is 0. The highest BCUT2D eigenvalue weighted by Crippen LogP contribution is 2.49. The molecule has 0 heterocycles. The Balaban J connectivity index is 3.04. The molecule has 0 aromatic carbocycles. The highest BCUT2D eigenvalue weighted by atomic mass is 16.4. The van der Waals surface area contributed by atoms with Gasteiger partial charge in [0.25, 0.3) is 0 Å². The normalized spacial score (nSPS) is 32.6. The van der Waals surface area contributed by atoms with Crippen molar-refractivity contribution in [3.05, 3.63) is 0 Å². The smallest absolute Gasteiger partial charge is 0.310 e.